The van der Waals surface area contributed by atoms with Crippen molar-refractivity contribution in [3.63, 3.8) is 0 Å². The molecular weight excluding hydrogens is 368 g/mol. The van der Waals surface area contributed by atoms with Crippen LogP contribution in [0.1, 0.15) is 35.7 Å². The topological polar surface area (TPSA) is 126 Å². The first-order valence-electron chi connectivity index (χ1n) is 9.23. The standard InChI is InChI=1S/C19H28N2O7/c1-12(23)26-11-13-3-4-17(16(7-13)19(25)21-6-5-20-2)28-18-9-14(24)8-15(10-22)27-18/h3-4,7,14-15,18,20,22,24H,5-6,8-11H2,1-2H3,(H,21,25). The zero-order chi connectivity index (χ0) is 20.5. The Labute approximate surface area is 164 Å². The van der Waals surface area contributed by atoms with E-state index in [0.29, 0.717) is 25.1 Å². The van der Waals surface area contributed by atoms with Gasteiger partial charge in [-0.15, -0.1) is 0 Å². The number of aliphatic hydroxyl groups is 2. The molecule has 0 aliphatic carbocycles. The summed E-state index contributed by atoms with van der Waals surface area (Å²) in [5, 5.41) is 25.0. The first-order valence-corrected chi connectivity index (χ1v) is 9.23. The average molecular weight is 396 g/mol. The number of carbonyl (C=O) groups excluding carboxylic acids is 2. The van der Waals surface area contributed by atoms with Gasteiger partial charge in [0.2, 0.25) is 6.29 Å². The molecule has 1 fully saturated rings. The van der Waals surface area contributed by atoms with Crippen molar-refractivity contribution in [3.05, 3.63) is 29.3 Å². The molecule has 1 heterocycles. The molecule has 0 saturated carbocycles. The molecule has 1 aliphatic heterocycles. The maximum Gasteiger partial charge on any atom is 0.302 e. The van der Waals surface area contributed by atoms with Crippen LogP contribution in [0.15, 0.2) is 18.2 Å². The number of carbonyl (C=O) groups is 2. The van der Waals surface area contributed by atoms with Crippen molar-refractivity contribution >= 4 is 11.9 Å². The van der Waals surface area contributed by atoms with Gasteiger partial charge in [-0.1, -0.05) is 6.07 Å². The van der Waals surface area contributed by atoms with E-state index in [1.807, 2.05) is 0 Å². The molecule has 9 nitrogen and oxygen atoms in total. The third kappa shape index (κ3) is 6.75. The van der Waals surface area contributed by atoms with Gasteiger partial charge < -0.3 is 35.1 Å². The van der Waals surface area contributed by atoms with Gasteiger partial charge in [0.25, 0.3) is 5.91 Å². The molecule has 0 spiro atoms. The summed E-state index contributed by atoms with van der Waals surface area (Å²) in [5.41, 5.74) is 0.907. The van der Waals surface area contributed by atoms with E-state index in [4.69, 9.17) is 14.2 Å². The van der Waals surface area contributed by atoms with Crippen LogP contribution in [0, 0.1) is 0 Å². The van der Waals surface area contributed by atoms with E-state index in [1.54, 1.807) is 25.2 Å². The smallest absolute Gasteiger partial charge is 0.302 e. The zero-order valence-electron chi connectivity index (χ0n) is 16.1. The first-order chi connectivity index (χ1) is 13.4. The maximum atomic E-state index is 12.6. The molecule has 2 rings (SSSR count). The van der Waals surface area contributed by atoms with E-state index < -0.39 is 24.5 Å². The Morgan fingerprint density at radius 3 is 2.75 bits per heavy atom. The third-order valence-corrected chi connectivity index (χ3v) is 4.20. The second kappa shape index (κ2) is 11.0. The molecule has 0 aromatic heterocycles. The number of hydrogen-bond acceptors (Lipinski definition) is 8. The number of esters is 1. The second-order valence-corrected chi connectivity index (χ2v) is 6.58. The Bertz CT molecular complexity index is 668. The summed E-state index contributed by atoms with van der Waals surface area (Å²) < 4.78 is 16.4. The number of nitrogens with one attached hydrogen (secondary N) is 2. The van der Waals surface area contributed by atoms with Gasteiger partial charge in [-0.25, -0.2) is 0 Å². The molecule has 1 aliphatic rings. The summed E-state index contributed by atoms with van der Waals surface area (Å²) in [6.45, 7) is 2.15. The monoisotopic (exact) mass is 396 g/mol. The number of likely N-dealkylation sites (N-methyl/N-ethyl adjacent to an activating group) is 1. The van der Waals surface area contributed by atoms with E-state index in [1.165, 1.54) is 6.92 Å². The fraction of sp³-hybridized carbons (Fsp3) is 0.579. The van der Waals surface area contributed by atoms with Crippen molar-refractivity contribution in [1.82, 2.24) is 10.6 Å². The normalized spacial score (nSPS) is 21.8. The highest BCUT2D eigenvalue weighted by atomic mass is 16.7. The fourth-order valence-electron chi connectivity index (χ4n) is 2.81. The Morgan fingerprint density at radius 2 is 2.07 bits per heavy atom. The molecule has 28 heavy (non-hydrogen) atoms. The molecule has 3 unspecified atom stereocenters. The number of amides is 1. The predicted octanol–water partition coefficient (Wildman–Crippen LogP) is -0.0640. The number of aliphatic hydroxyl groups excluding tert-OH is 2. The van der Waals surface area contributed by atoms with Crippen molar-refractivity contribution in [2.75, 3.05) is 26.7 Å². The van der Waals surface area contributed by atoms with Gasteiger partial charge in [0.15, 0.2) is 0 Å². The van der Waals surface area contributed by atoms with Gasteiger partial charge in [0.1, 0.15) is 12.4 Å². The Balaban J connectivity index is 2.18. The molecule has 1 saturated heterocycles. The molecule has 1 aromatic carbocycles. The largest absolute Gasteiger partial charge is 0.464 e. The van der Waals surface area contributed by atoms with E-state index in [-0.39, 0.29) is 36.9 Å². The van der Waals surface area contributed by atoms with Gasteiger partial charge in [-0.2, -0.15) is 0 Å². The van der Waals surface area contributed by atoms with Crippen LogP contribution in [0.3, 0.4) is 0 Å². The highest BCUT2D eigenvalue weighted by molar-refractivity contribution is 5.97. The summed E-state index contributed by atoms with van der Waals surface area (Å²) >= 11 is 0. The van der Waals surface area contributed by atoms with Crippen molar-refractivity contribution < 1.29 is 34.0 Å². The zero-order valence-corrected chi connectivity index (χ0v) is 16.1. The fourth-order valence-corrected chi connectivity index (χ4v) is 2.81. The summed E-state index contributed by atoms with van der Waals surface area (Å²) in [5.74, 6) is -0.477. The molecule has 156 valence electrons. The Hall–Kier alpha value is -2.20. The molecule has 9 heteroatoms. The van der Waals surface area contributed by atoms with Crippen molar-refractivity contribution in [3.8, 4) is 5.75 Å². The molecule has 3 atom stereocenters. The molecule has 0 radical (unpaired) electrons. The van der Waals surface area contributed by atoms with Crippen LogP contribution >= 0.6 is 0 Å². The van der Waals surface area contributed by atoms with Crippen molar-refractivity contribution in [2.45, 2.75) is 44.9 Å². The van der Waals surface area contributed by atoms with E-state index in [9.17, 15) is 19.8 Å². The van der Waals surface area contributed by atoms with Crippen LogP contribution in [0.5, 0.6) is 5.75 Å². The lowest BCUT2D eigenvalue weighted by Gasteiger charge is -2.32. The van der Waals surface area contributed by atoms with Crippen LogP contribution in [-0.4, -0.2) is 67.3 Å². The molecule has 4 N–H and O–H groups in total. The molecule has 1 amide bonds. The Morgan fingerprint density at radius 1 is 1.29 bits per heavy atom. The predicted molar refractivity (Wildman–Crippen MR) is 99.8 cm³/mol. The second-order valence-electron chi connectivity index (χ2n) is 6.58. The highest BCUT2D eigenvalue weighted by Gasteiger charge is 2.30. The van der Waals surface area contributed by atoms with E-state index >= 15 is 0 Å². The maximum absolute atomic E-state index is 12.6. The van der Waals surface area contributed by atoms with Crippen LogP contribution < -0.4 is 15.4 Å². The Kier molecular flexibility index (Phi) is 8.65. The number of rotatable bonds is 9. The lowest BCUT2D eigenvalue weighted by Crippen LogP contribution is -2.40. The van der Waals surface area contributed by atoms with E-state index in [0.717, 1.165) is 0 Å². The van der Waals surface area contributed by atoms with Crippen LogP contribution in [-0.2, 0) is 20.9 Å². The molecule has 0 bridgehead atoms. The molecule has 1 aromatic rings. The number of ether oxygens (including phenoxy) is 3. The summed E-state index contributed by atoms with van der Waals surface area (Å²) in [7, 11) is 1.78. The van der Waals surface area contributed by atoms with Crippen molar-refractivity contribution in [1.29, 1.82) is 0 Å². The third-order valence-electron chi connectivity index (χ3n) is 4.20. The first kappa shape index (κ1) is 22.1. The minimum atomic E-state index is -0.788. The summed E-state index contributed by atoms with van der Waals surface area (Å²) in [6.07, 6.45) is -1.41. The minimum Gasteiger partial charge on any atom is -0.464 e. The minimum absolute atomic E-state index is 0.0393. The number of hydrogen-bond donors (Lipinski definition) is 4. The molecular formula is C19H28N2O7. The lowest BCUT2D eigenvalue weighted by atomic mass is 10.1. The van der Waals surface area contributed by atoms with Gasteiger partial charge in [0.05, 0.1) is 24.4 Å². The summed E-state index contributed by atoms with van der Waals surface area (Å²) in [6, 6.07) is 4.88. The van der Waals surface area contributed by atoms with Gasteiger partial charge >= 0.3 is 5.97 Å². The van der Waals surface area contributed by atoms with Crippen molar-refractivity contribution in [2.24, 2.45) is 0 Å². The van der Waals surface area contributed by atoms with Gasteiger partial charge in [0, 0.05) is 32.9 Å². The quantitative estimate of drug-likeness (QED) is 0.338. The van der Waals surface area contributed by atoms with Crippen LogP contribution in [0.4, 0.5) is 0 Å². The van der Waals surface area contributed by atoms with Crippen LogP contribution in [0.2, 0.25) is 0 Å². The SMILES string of the molecule is CNCCNC(=O)c1cc(COC(C)=O)ccc1OC1CC(O)CC(CO)O1. The van der Waals surface area contributed by atoms with Gasteiger partial charge in [-0.3, -0.25) is 9.59 Å². The average Bonchev–Trinajstić information content (AvgIpc) is 2.66. The van der Waals surface area contributed by atoms with E-state index in [2.05, 4.69) is 10.6 Å². The van der Waals surface area contributed by atoms with Gasteiger partial charge in [-0.05, 0) is 24.7 Å². The highest BCUT2D eigenvalue weighted by Crippen LogP contribution is 2.27. The summed E-state index contributed by atoms with van der Waals surface area (Å²) in [4.78, 5) is 23.6. The van der Waals surface area contributed by atoms with Crippen LogP contribution in [0.25, 0.3) is 0 Å². The number of benzene rings is 1. The lowest BCUT2D eigenvalue weighted by molar-refractivity contribution is -0.184.